The summed E-state index contributed by atoms with van der Waals surface area (Å²) in [4.78, 5) is 10.5. The van der Waals surface area contributed by atoms with Gasteiger partial charge in [0.05, 0.1) is 19.3 Å². The van der Waals surface area contributed by atoms with Crippen LogP contribution in [0.3, 0.4) is 0 Å². The number of amidine groups is 1. The van der Waals surface area contributed by atoms with Crippen LogP contribution in [0, 0.1) is 13.7 Å². The maximum Gasteiger partial charge on any atom is 0.287 e. The summed E-state index contributed by atoms with van der Waals surface area (Å²) in [6.45, 7) is 0. The van der Waals surface area contributed by atoms with Gasteiger partial charge in [0.2, 0.25) is 0 Å². The lowest BCUT2D eigenvalue weighted by molar-refractivity contribution is -0.740. The lowest BCUT2D eigenvalue weighted by Gasteiger charge is -2.12. The van der Waals surface area contributed by atoms with Crippen LogP contribution in [0.1, 0.15) is 5.56 Å². The average Bonchev–Trinajstić information content (AvgIpc) is 3.18. The summed E-state index contributed by atoms with van der Waals surface area (Å²) >= 11 is 2.27. The van der Waals surface area contributed by atoms with Crippen LogP contribution < -0.4 is 5.01 Å². The molecular weight excluding hydrogens is 457 g/mol. The van der Waals surface area contributed by atoms with Crippen molar-refractivity contribution in [3.63, 3.8) is 0 Å². The van der Waals surface area contributed by atoms with Crippen molar-refractivity contribution in [1.29, 1.82) is 0 Å². The highest BCUT2D eigenvalue weighted by atomic mass is 127. The molecule has 0 saturated carbocycles. The fourth-order valence-corrected chi connectivity index (χ4v) is 3.81. The molecular formula is C19H13IN5O2+. The Labute approximate surface area is 168 Å². The molecule has 7 nitrogen and oxygen atoms in total. The number of halogens is 1. The van der Waals surface area contributed by atoms with E-state index in [4.69, 9.17) is 0 Å². The summed E-state index contributed by atoms with van der Waals surface area (Å²) in [7, 11) is 0. The number of nitrogens with one attached hydrogen (secondary N) is 1. The summed E-state index contributed by atoms with van der Waals surface area (Å²) in [5.74, 6) is 0.731. The molecule has 3 aromatic carbocycles. The van der Waals surface area contributed by atoms with Crippen LogP contribution >= 0.6 is 22.6 Å². The zero-order chi connectivity index (χ0) is 18.8. The van der Waals surface area contributed by atoms with E-state index in [1.54, 1.807) is 12.1 Å². The molecule has 0 radical (unpaired) electrons. The van der Waals surface area contributed by atoms with E-state index in [1.165, 1.54) is 12.1 Å². The number of quaternary nitrogens is 1. The molecule has 1 N–H and O–H groups in total. The van der Waals surface area contributed by atoms with Gasteiger partial charge in [0.15, 0.2) is 5.69 Å². The highest BCUT2D eigenvalue weighted by molar-refractivity contribution is 14.1. The van der Waals surface area contributed by atoms with Crippen molar-refractivity contribution in [3.05, 3.63) is 92.0 Å². The van der Waals surface area contributed by atoms with E-state index in [-0.39, 0.29) is 5.69 Å². The van der Waals surface area contributed by atoms with Gasteiger partial charge in [-0.2, -0.15) is 0 Å². The van der Waals surface area contributed by atoms with E-state index in [0.717, 1.165) is 36.8 Å². The van der Waals surface area contributed by atoms with Crippen LogP contribution in [-0.2, 0) is 0 Å². The van der Waals surface area contributed by atoms with E-state index < -0.39 is 4.92 Å². The van der Waals surface area contributed by atoms with Gasteiger partial charge in [0, 0.05) is 29.0 Å². The van der Waals surface area contributed by atoms with Crippen molar-refractivity contribution in [2.45, 2.75) is 0 Å². The van der Waals surface area contributed by atoms with Gasteiger partial charge in [-0.1, -0.05) is 35.4 Å². The smallest absolute Gasteiger partial charge is 0.258 e. The zero-order valence-corrected chi connectivity index (χ0v) is 16.1. The molecule has 0 saturated heterocycles. The van der Waals surface area contributed by atoms with E-state index in [2.05, 4.69) is 38.1 Å². The second kappa shape index (κ2) is 7.33. The molecule has 8 heteroatoms. The molecule has 0 amide bonds. The van der Waals surface area contributed by atoms with Crippen molar-refractivity contribution in [2.75, 3.05) is 0 Å². The first-order chi connectivity index (χ1) is 13.1. The van der Waals surface area contributed by atoms with Gasteiger partial charge in [0.25, 0.3) is 11.5 Å². The summed E-state index contributed by atoms with van der Waals surface area (Å²) in [5, 5.41) is 23.9. The molecule has 1 aliphatic rings. The normalized spacial score (nSPS) is 15.6. The van der Waals surface area contributed by atoms with Crippen LogP contribution in [0.4, 0.5) is 11.4 Å². The van der Waals surface area contributed by atoms with Gasteiger partial charge in [0.1, 0.15) is 0 Å². The molecule has 0 aromatic heterocycles. The third-order valence-electron chi connectivity index (χ3n) is 4.20. The fraction of sp³-hybridized carbons (Fsp3) is 0. The van der Waals surface area contributed by atoms with E-state index >= 15 is 0 Å². The van der Waals surface area contributed by atoms with Crippen molar-refractivity contribution >= 4 is 39.8 Å². The number of rotatable bonds is 4. The van der Waals surface area contributed by atoms with Crippen LogP contribution in [0.25, 0.3) is 11.1 Å². The zero-order valence-electron chi connectivity index (χ0n) is 13.9. The number of non-ortho nitro benzene ring substituents is 1. The summed E-state index contributed by atoms with van der Waals surface area (Å²) < 4.78 is 0.989. The van der Waals surface area contributed by atoms with E-state index in [9.17, 15) is 10.1 Å². The predicted molar refractivity (Wildman–Crippen MR) is 110 cm³/mol. The van der Waals surface area contributed by atoms with Crippen LogP contribution in [0.5, 0.6) is 0 Å². The molecule has 27 heavy (non-hydrogen) atoms. The third-order valence-corrected chi connectivity index (χ3v) is 5.37. The maximum absolute atomic E-state index is 10.9. The Morgan fingerprint density at radius 2 is 1.63 bits per heavy atom. The summed E-state index contributed by atoms with van der Waals surface area (Å²) in [5.41, 5.74) is 3.83. The Balaban J connectivity index is 1.73. The largest absolute Gasteiger partial charge is 0.287 e. The van der Waals surface area contributed by atoms with Crippen LogP contribution in [-0.4, -0.2) is 10.8 Å². The molecule has 4 rings (SSSR count). The predicted octanol–water partition coefficient (Wildman–Crippen LogP) is 4.13. The average molecular weight is 470 g/mol. The number of nitro groups is 1. The highest BCUT2D eigenvalue weighted by Crippen LogP contribution is 2.30. The number of nitrogens with zero attached hydrogens (tertiary/aromatic N) is 4. The van der Waals surface area contributed by atoms with Crippen molar-refractivity contribution in [2.24, 2.45) is 15.5 Å². The molecule has 132 valence electrons. The Hall–Kier alpha value is -2.98. The molecule has 0 spiro atoms. The Morgan fingerprint density at radius 3 is 2.33 bits per heavy atom. The SMILES string of the molecule is O=[N+]([O-])c1ccc(-c2cccc([NH+]3N=NN=C3c3ccccc3)c2I)cc1. The Kier molecular flexibility index (Phi) is 4.73. The molecule has 0 fully saturated rings. The summed E-state index contributed by atoms with van der Waals surface area (Å²) in [6.07, 6.45) is 0. The molecule has 1 aliphatic heterocycles. The van der Waals surface area contributed by atoms with E-state index in [1.807, 2.05) is 48.5 Å². The van der Waals surface area contributed by atoms with Gasteiger partial charge in [-0.05, 0) is 52.4 Å². The summed E-state index contributed by atoms with van der Waals surface area (Å²) in [6, 6.07) is 22.2. The first-order valence-corrected chi connectivity index (χ1v) is 9.18. The van der Waals surface area contributed by atoms with E-state index in [0.29, 0.717) is 0 Å². The standard InChI is InChI=1S/C19H12IN5O2/c20-18-16(13-9-11-15(12-10-13)25(26)27)7-4-8-17(18)24-19(21-22-23-24)14-5-2-1-3-6-14/h1-12H/p+1. The molecule has 1 atom stereocenters. The quantitative estimate of drug-likeness (QED) is 0.354. The minimum atomic E-state index is -0.400. The number of hydrogen-bond donors (Lipinski definition) is 1. The van der Waals surface area contributed by atoms with Crippen LogP contribution in [0.2, 0.25) is 0 Å². The van der Waals surface area contributed by atoms with Gasteiger partial charge < -0.3 is 0 Å². The van der Waals surface area contributed by atoms with Gasteiger partial charge >= 0.3 is 0 Å². The van der Waals surface area contributed by atoms with Crippen molar-refractivity contribution in [3.8, 4) is 11.1 Å². The minimum absolute atomic E-state index is 0.0716. The lowest BCUT2D eigenvalue weighted by atomic mass is 10.0. The molecule has 0 aliphatic carbocycles. The fourth-order valence-electron chi connectivity index (χ4n) is 2.88. The monoisotopic (exact) mass is 470 g/mol. The van der Waals surface area contributed by atoms with Gasteiger partial charge in [-0.3, -0.25) is 10.1 Å². The molecule has 1 heterocycles. The highest BCUT2D eigenvalue weighted by Gasteiger charge is 2.30. The van der Waals surface area contributed by atoms with Crippen molar-refractivity contribution in [1.82, 2.24) is 0 Å². The van der Waals surface area contributed by atoms with Gasteiger partial charge in [-0.25, -0.2) is 0 Å². The Morgan fingerprint density at radius 1 is 0.889 bits per heavy atom. The Bertz CT molecular complexity index is 1070. The van der Waals surface area contributed by atoms with Crippen molar-refractivity contribution < 1.29 is 9.93 Å². The lowest BCUT2D eigenvalue weighted by Crippen LogP contribution is -3.04. The molecule has 1 unspecified atom stereocenters. The molecule has 3 aromatic rings. The van der Waals surface area contributed by atoms with Gasteiger partial charge in [-0.15, -0.1) is 5.01 Å². The second-order valence-electron chi connectivity index (χ2n) is 5.82. The molecule has 0 bridgehead atoms. The third kappa shape index (κ3) is 3.36. The topological polar surface area (TPSA) is 84.7 Å². The number of benzene rings is 3. The maximum atomic E-state index is 10.9. The number of nitro benzene ring substituents is 1. The number of hydrogen-bond acceptors (Lipinski definition) is 5. The first-order valence-electron chi connectivity index (χ1n) is 8.10. The minimum Gasteiger partial charge on any atom is -0.258 e. The van der Waals surface area contributed by atoms with Crippen LogP contribution in [0.15, 0.2) is 88.3 Å². The second-order valence-corrected chi connectivity index (χ2v) is 6.90. The first kappa shape index (κ1) is 17.4.